The highest BCUT2D eigenvalue weighted by Crippen LogP contribution is 2.26. The molecule has 2 rings (SSSR count). The zero-order chi connectivity index (χ0) is 12.3. The second-order valence-electron chi connectivity index (χ2n) is 3.62. The van der Waals surface area contributed by atoms with Crippen LogP contribution in [0, 0.1) is 18.3 Å². The minimum atomic E-state index is 0.528. The Labute approximate surface area is 108 Å². The van der Waals surface area contributed by atoms with Crippen molar-refractivity contribution >= 4 is 27.4 Å². The Balaban J connectivity index is 2.35. The lowest BCUT2D eigenvalue weighted by Gasteiger charge is -2.09. The molecule has 1 aromatic carbocycles. The highest BCUT2D eigenvalue weighted by atomic mass is 79.9. The number of halogens is 1. The quantitative estimate of drug-likeness (QED) is 0.915. The monoisotopic (exact) mass is 287 g/mol. The molecule has 0 saturated carbocycles. The number of aromatic nitrogens is 1. The highest BCUT2D eigenvalue weighted by Gasteiger charge is 2.05. The summed E-state index contributed by atoms with van der Waals surface area (Å²) in [6, 6.07) is 11.6. The lowest BCUT2D eigenvalue weighted by atomic mass is 10.2. The Morgan fingerprint density at radius 3 is 2.88 bits per heavy atom. The summed E-state index contributed by atoms with van der Waals surface area (Å²) in [6.45, 7) is 2.02. The maximum atomic E-state index is 8.97. The SMILES string of the molecule is Cc1ccc(Nc2ncccc2C#N)c(Br)c1. The molecule has 0 aliphatic rings. The number of pyridine rings is 1. The van der Waals surface area contributed by atoms with Gasteiger partial charge in [-0.05, 0) is 52.7 Å². The second kappa shape index (κ2) is 4.98. The van der Waals surface area contributed by atoms with Gasteiger partial charge in [-0.3, -0.25) is 0 Å². The van der Waals surface area contributed by atoms with Crippen molar-refractivity contribution in [1.82, 2.24) is 4.98 Å². The molecule has 1 aromatic heterocycles. The molecule has 0 amide bonds. The number of hydrogen-bond acceptors (Lipinski definition) is 3. The predicted molar refractivity (Wildman–Crippen MR) is 71.1 cm³/mol. The van der Waals surface area contributed by atoms with E-state index in [1.807, 2.05) is 25.1 Å². The molecule has 4 heteroatoms. The third kappa shape index (κ3) is 2.63. The van der Waals surface area contributed by atoms with E-state index in [4.69, 9.17) is 5.26 Å². The minimum absolute atomic E-state index is 0.528. The molecule has 0 atom stereocenters. The van der Waals surface area contributed by atoms with E-state index in [0.29, 0.717) is 11.4 Å². The van der Waals surface area contributed by atoms with Crippen LogP contribution in [-0.2, 0) is 0 Å². The lowest BCUT2D eigenvalue weighted by Crippen LogP contribution is -1.97. The molecule has 3 nitrogen and oxygen atoms in total. The Hall–Kier alpha value is -1.86. The maximum Gasteiger partial charge on any atom is 0.148 e. The summed E-state index contributed by atoms with van der Waals surface area (Å²) < 4.78 is 0.951. The molecular weight excluding hydrogens is 278 g/mol. The van der Waals surface area contributed by atoms with Gasteiger partial charge < -0.3 is 5.32 Å². The van der Waals surface area contributed by atoms with Crippen molar-refractivity contribution in [2.45, 2.75) is 6.92 Å². The summed E-state index contributed by atoms with van der Waals surface area (Å²) in [4.78, 5) is 4.15. The number of nitrogens with one attached hydrogen (secondary N) is 1. The summed E-state index contributed by atoms with van der Waals surface area (Å²) in [5.74, 6) is 0.569. The van der Waals surface area contributed by atoms with Crippen LogP contribution in [0.15, 0.2) is 41.0 Å². The summed E-state index contributed by atoms with van der Waals surface area (Å²) >= 11 is 3.48. The molecule has 0 saturated heterocycles. The summed E-state index contributed by atoms with van der Waals surface area (Å²) in [5, 5.41) is 12.1. The van der Waals surface area contributed by atoms with Gasteiger partial charge in [0, 0.05) is 10.7 Å². The van der Waals surface area contributed by atoms with E-state index < -0.39 is 0 Å². The van der Waals surface area contributed by atoms with Gasteiger partial charge in [0.25, 0.3) is 0 Å². The molecule has 0 aliphatic carbocycles. The van der Waals surface area contributed by atoms with Gasteiger partial charge >= 0.3 is 0 Å². The van der Waals surface area contributed by atoms with Crippen LogP contribution in [0.25, 0.3) is 0 Å². The average molecular weight is 288 g/mol. The van der Waals surface area contributed by atoms with Crippen LogP contribution in [0.1, 0.15) is 11.1 Å². The third-order valence-corrected chi connectivity index (χ3v) is 2.96. The minimum Gasteiger partial charge on any atom is -0.338 e. The molecule has 0 unspecified atom stereocenters. The molecular formula is C13H10BrN3. The molecule has 84 valence electrons. The van der Waals surface area contributed by atoms with E-state index in [1.165, 1.54) is 5.56 Å². The van der Waals surface area contributed by atoms with Gasteiger partial charge in [-0.15, -0.1) is 0 Å². The Bertz CT molecular complexity index is 587. The van der Waals surface area contributed by atoms with Crippen LogP contribution < -0.4 is 5.32 Å². The van der Waals surface area contributed by atoms with Gasteiger partial charge in [-0.2, -0.15) is 5.26 Å². The largest absolute Gasteiger partial charge is 0.338 e. The number of nitriles is 1. The van der Waals surface area contributed by atoms with Crippen molar-refractivity contribution in [2.75, 3.05) is 5.32 Å². The molecule has 0 bridgehead atoms. The van der Waals surface area contributed by atoms with Gasteiger partial charge in [0.15, 0.2) is 0 Å². The fourth-order valence-corrected chi connectivity index (χ4v) is 2.04. The average Bonchev–Trinajstić information content (AvgIpc) is 2.33. The third-order valence-electron chi connectivity index (χ3n) is 2.31. The Kier molecular flexibility index (Phi) is 3.40. The summed E-state index contributed by atoms with van der Waals surface area (Å²) in [5.41, 5.74) is 2.59. The first-order chi connectivity index (χ1) is 8.20. The zero-order valence-corrected chi connectivity index (χ0v) is 10.8. The van der Waals surface area contributed by atoms with Crippen LogP contribution in [-0.4, -0.2) is 4.98 Å². The van der Waals surface area contributed by atoms with E-state index in [0.717, 1.165) is 10.2 Å². The fourth-order valence-electron chi connectivity index (χ4n) is 1.44. The van der Waals surface area contributed by atoms with Crippen molar-refractivity contribution in [3.05, 3.63) is 52.1 Å². The van der Waals surface area contributed by atoms with Gasteiger partial charge in [0.05, 0.1) is 11.3 Å². The van der Waals surface area contributed by atoms with E-state index in [2.05, 4.69) is 32.3 Å². The van der Waals surface area contributed by atoms with E-state index in [1.54, 1.807) is 18.3 Å². The molecule has 0 radical (unpaired) electrons. The number of hydrogen-bond donors (Lipinski definition) is 1. The van der Waals surface area contributed by atoms with Crippen LogP contribution in [0.5, 0.6) is 0 Å². The maximum absolute atomic E-state index is 8.97. The van der Waals surface area contributed by atoms with Crippen LogP contribution in [0.3, 0.4) is 0 Å². The van der Waals surface area contributed by atoms with Gasteiger partial charge in [0.1, 0.15) is 11.9 Å². The van der Waals surface area contributed by atoms with Crippen molar-refractivity contribution in [1.29, 1.82) is 5.26 Å². The van der Waals surface area contributed by atoms with E-state index in [9.17, 15) is 0 Å². The van der Waals surface area contributed by atoms with E-state index in [-0.39, 0.29) is 0 Å². The molecule has 2 aromatic rings. The fraction of sp³-hybridized carbons (Fsp3) is 0.0769. The van der Waals surface area contributed by atoms with Crippen molar-refractivity contribution in [3.63, 3.8) is 0 Å². The van der Waals surface area contributed by atoms with Crippen LogP contribution >= 0.6 is 15.9 Å². The van der Waals surface area contributed by atoms with Crippen LogP contribution in [0.4, 0.5) is 11.5 Å². The van der Waals surface area contributed by atoms with Gasteiger partial charge in [-0.1, -0.05) is 6.07 Å². The molecule has 1 heterocycles. The van der Waals surface area contributed by atoms with Crippen molar-refractivity contribution in [2.24, 2.45) is 0 Å². The molecule has 0 aliphatic heterocycles. The second-order valence-corrected chi connectivity index (χ2v) is 4.47. The molecule has 1 N–H and O–H groups in total. The Morgan fingerprint density at radius 1 is 1.35 bits per heavy atom. The molecule has 17 heavy (non-hydrogen) atoms. The number of benzene rings is 1. The normalized spacial score (nSPS) is 9.71. The first-order valence-electron chi connectivity index (χ1n) is 5.09. The van der Waals surface area contributed by atoms with Crippen molar-refractivity contribution in [3.8, 4) is 6.07 Å². The number of aryl methyl sites for hydroxylation is 1. The number of rotatable bonds is 2. The topological polar surface area (TPSA) is 48.7 Å². The zero-order valence-electron chi connectivity index (χ0n) is 9.24. The van der Waals surface area contributed by atoms with Gasteiger partial charge in [-0.25, -0.2) is 4.98 Å². The first kappa shape index (κ1) is 11.6. The number of nitrogens with zero attached hydrogens (tertiary/aromatic N) is 2. The molecule has 0 fully saturated rings. The lowest BCUT2D eigenvalue weighted by molar-refractivity contribution is 1.28. The smallest absolute Gasteiger partial charge is 0.148 e. The van der Waals surface area contributed by atoms with Gasteiger partial charge in [0.2, 0.25) is 0 Å². The molecule has 0 spiro atoms. The number of anilines is 2. The van der Waals surface area contributed by atoms with E-state index >= 15 is 0 Å². The standard InChI is InChI=1S/C13H10BrN3/c1-9-4-5-12(11(14)7-9)17-13-10(8-15)3-2-6-16-13/h2-7H,1H3,(H,16,17). The Morgan fingerprint density at radius 2 is 2.18 bits per heavy atom. The summed E-state index contributed by atoms with van der Waals surface area (Å²) in [6.07, 6.45) is 1.66. The summed E-state index contributed by atoms with van der Waals surface area (Å²) in [7, 11) is 0. The van der Waals surface area contributed by atoms with Crippen LogP contribution in [0.2, 0.25) is 0 Å². The predicted octanol–water partition coefficient (Wildman–Crippen LogP) is 3.77. The highest BCUT2D eigenvalue weighted by molar-refractivity contribution is 9.10. The van der Waals surface area contributed by atoms with Crippen molar-refractivity contribution < 1.29 is 0 Å². The first-order valence-corrected chi connectivity index (χ1v) is 5.88.